The molecule has 0 N–H and O–H groups in total. The molecular weight excluding hydrogens is 373 g/mol. The average Bonchev–Trinajstić information content (AvgIpc) is 3.29. The van der Waals surface area contributed by atoms with E-state index < -0.39 is 0 Å². The van der Waals surface area contributed by atoms with E-state index in [1.54, 1.807) is 18.0 Å². The second-order valence-corrected chi connectivity index (χ2v) is 7.89. The molecule has 4 nitrogen and oxygen atoms in total. The zero-order chi connectivity index (χ0) is 19.5. The average molecular weight is 393 g/mol. The fourth-order valence-corrected chi connectivity index (χ4v) is 4.04. The first-order chi connectivity index (χ1) is 13.6. The van der Waals surface area contributed by atoms with E-state index in [4.69, 9.17) is 4.42 Å². The molecule has 2 aromatic carbocycles. The largest absolute Gasteiger partial charge is 0.469 e. The monoisotopic (exact) mass is 393 g/mol. The Labute approximate surface area is 167 Å². The minimum Gasteiger partial charge on any atom is -0.469 e. The minimum absolute atomic E-state index is 0.109. The van der Waals surface area contributed by atoms with Crippen LogP contribution in [0.1, 0.15) is 29.1 Å². The molecule has 0 aliphatic rings. The highest BCUT2D eigenvalue weighted by molar-refractivity contribution is 7.99. The standard InChI is InChI=1S/C22H20FN3OS/c1-15-20(12-13-27-15)21-24-25-22(26(21)14-17-6-4-3-5-7-17)28-16(2)18-8-10-19(23)11-9-18/h3-13,16H,14H2,1-2H3. The fourth-order valence-electron chi connectivity index (χ4n) is 3.06. The molecule has 0 amide bonds. The van der Waals surface area contributed by atoms with Crippen molar-refractivity contribution in [1.82, 2.24) is 14.8 Å². The Bertz CT molecular complexity index is 1060. The maximum atomic E-state index is 13.2. The van der Waals surface area contributed by atoms with Crippen LogP contribution in [-0.2, 0) is 6.54 Å². The van der Waals surface area contributed by atoms with Crippen molar-refractivity contribution in [3.05, 3.63) is 89.6 Å². The minimum atomic E-state index is -0.231. The summed E-state index contributed by atoms with van der Waals surface area (Å²) in [5.41, 5.74) is 3.15. The number of aryl methyl sites for hydroxylation is 1. The molecule has 4 rings (SSSR count). The number of benzene rings is 2. The van der Waals surface area contributed by atoms with E-state index in [0.717, 1.165) is 27.9 Å². The van der Waals surface area contributed by atoms with Crippen LogP contribution in [0.2, 0.25) is 0 Å². The molecule has 142 valence electrons. The van der Waals surface area contributed by atoms with Crippen molar-refractivity contribution < 1.29 is 8.81 Å². The third kappa shape index (κ3) is 3.87. The van der Waals surface area contributed by atoms with Gasteiger partial charge in [-0.3, -0.25) is 4.57 Å². The van der Waals surface area contributed by atoms with Gasteiger partial charge in [0.15, 0.2) is 11.0 Å². The Balaban J connectivity index is 1.69. The van der Waals surface area contributed by atoms with E-state index in [-0.39, 0.29) is 11.1 Å². The fraction of sp³-hybridized carbons (Fsp3) is 0.182. The first kappa shape index (κ1) is 18.5. The van der Waals surface area contributed by atoms with Crippen molar-refractivity contribution in [2.45, 2.75) is 30.8 Å². The Morgan fingerprint density at radius 3 is 2.46 bits per heavy atom. The van der Waals surface area contributed by atoms with Crippen molar-refractivity contribution in [1.29, 1.82) is 0 Å². The molecule has 1 unspecified atom stereocenters. The lowest BCUT2D eigenvalue weighted by Crippen LogP contribution is -2.05. The van der Waals surface area contributed by atoms with Gasteiger partial charge in [-0.05, 0) is 43.2 Å². The van der Waals surface area contributed by atoms with E-state index in [9.17, 15) is 4.39 Å². The van der Waals surface area contributed by atoms with Gasteiger partial charge in [-0.15, -0.1) is 10.2 Å². The molecule has 0 saturated carbocycles. The Hall–Kier alpha value is -2.86. The van der Waals surface area contributed by atoms with Gasteiger partial charge in [0.2, 0.25) is 0 Å². The van der Waals surface area contributed by atoms with Gasteiger partial charge in [-0.1, -0.05) is 54.2 Å². The number of hydrogen-bond acceptors (Lipinski definition) is 4. The molecule has 0 saturated heterocycles. The zero-order valence-electron chi connectivity index (χ0n) is 15.7. The number of thioether (sulfide) groups is 1. The molecule has 1 atom stereocenters. The number of hydrogen-bond donors (Lipinski definition) is 0. The summed E-state index contributed by atoms with van der Waals surface area (Å²) < 4.78 is 20.8. The van der Waals surface area contributed by atoms with Crippen LogP contribution >= 0.6 is 11.8 Å². The van der Waals surface area contributed by atoms with Crippen molar-refractivity contribution in [3.8, 4) is 11.4 Å². The highest BCUT2D eigenvalue weighted by atomic mass is 32.2. The van der Waals surface area contributed by atoms with Crippen LogP contribution in [0, 0.1) is 12.7 Å². The lowest BCUT2D eigenvalue weighted by atomic mass is 10.2. The molecule has 0 spiro atoms. The molecule has 0 fully saturated rings. The topological polar surface area (TPSA) is 43.9 Å². The molecule has 0 aliphatic carbocycles. The summed E-state index contributed by atoms with van der Waals surface area (Å²) in [6.45, 7) is 4.67. The van der Waals surface area contributed by atoms with E-state index in [2.05, 4.69) is 33.8 Å². The normalized spacial score (nSPS) is 12.2. The second-order valence-electron chi connectivity index (χ2n) is 6.58. The molecule has 2 heterocycles. The lowest BCUT2D eigenvalue weighted by Gasteiger charge is -2.14. The van der Waals surface area contributed by atoms with Gasteiger partial charge >= 0.3 is 0 Å². The molecule has 0 aliphatic heterocycles. The SMILES string of the molecule is Cc1occc1-c1nnc(SC(C)c2ccc(F)cc2)n1Cc1ccccc1. The van der Waals surface area contributed by atoms with Crippen LogP contribution in [0.25, 0.3) is 11.4 Å². The summed E-state index contributed by atoms with van der Waals surface area (Å²) >= 11 is 1.61. The van der Waals surface area contributed by atoms with Crippen LogP contribution in [0.15, 0.2) is 76.5 Å². The number of halogens is 1. The van der Waals surface area contributed by atoms with E-state index >= 15 is 0 Å². The number of aromatic nitrogens is 3. The van der Waals surface area contributed by atoms with Gasteiger partial charge in [0, 0.05) is 5.25 Å². The second kappa shape index (κ2) is 8.02. The molecule has 0 bridgehead atoms. The lowest BCUT2D eigenvalue weighted by molar-refractivity contribution is 0.534. The van der Waals surface area contributed by atoms with Crippen LogP contribution in [-0.4, -0.2) is 14.8 Å². The number of nitrogens with zero attached hydrogens (tertiary/aromatic N) is 3. The summed E-state index contributed by atoms with van der Waals surface area (Å²) in [6.07, 6.45) is 1.67. The Morgan fingerprint density at radius 2 is 1.79 bits per heavy atom. The predicted molar refractivity (Wildman–Crippen MR) is 109 cm³/mol. The van der Waals surface area contributed by atoms with Crippen LogP contribution < -0.4 is 0 Å². The van der Waals surface area contributed by atoms with Crippen molar-refractivity contribution in [3.63, 3.8) is 0 Å². The summed E-state index contributed by atoms with van der Waals surface area (Å²) in [7, 11) is 0. The van der Waals surface area contributed by atoms with Crippen molar-refractivity contribution >= 4 is 11.8 Å². The molecule has 2 aromatic heterocycles. The van der Waals surface area contributed by atoms with Gasteiger partial charge in [0.05, 0.1) is 18.4 Å². The first-order valence-electron chi connectivity index (χ1n) is 9.05. The third-order valence-corrected chi connectivity index (χ3v) is 5.76. The molecule has 6 heteroatoms. The molecule has 28 heavy (non-hydrogen) atoms. The first-order valence-corrected chi connectivity index (χ1v) is 9.93. The van der Waals surface area contributed by atoms with Crippen molar-refractivity contribution in [2.75, 3.05) is 0 Å². The highest BCUT2D eigenvalue weighted by Gasteiger charge is 2.20. The highest BCUT2D eigenvalue weighted by Crippen LogP contribution is 2.36. The van der Waals surface area contributed by atoms with Gasteiger partial charge in [0.25, 0.3) is 0 Å². The van der Waals surface area contributed by atoms with E-state index in [1.807, 2.05) is 43.3 Å². The predicted octanol–water partition coefficient (Wildman–Crippen LogP) is 5.89. The number of furan rings is 1. The quantitative estimate of drug-likeness (QED) is 0.383. The Morgan fingerprint density at radius 1 is 1.04 bits per heavy atom. The number of rotatable bonds is 6. The maximum absolute atomic E-state index is 13.2. The maximum Gasteiger partial charge on any atom is 0.192 e. The summed E-state index contributed by atoms with van der Waals surface area (Å²) in [6, 6.07) is 18.7. The van der Waals surface area contributed by atoms with Gasteiger partial charge in [0.1, 0.15) is 11.6 Å². The van der Waals surface area contributed by atoms with Crippen LogP contribution in [0.4, 0.5) is 4.39 Å². The van der Waals surface area contributed by atoms with Crippen LogP contribution in [0.3, 0.4) is 0 Å². The smallest absolute Gasteiger partial charge is 0.192 e. The van der Waals surface area contributed by atoms with Gasteiger partial charge < -0.3 is 4.42 Å². The summed E-state index contributed by atoms with van der Waals surface area (Å²) in [5.74, 6) is 1.36. The van der Waals surface area contributed by atoms with Crippen LogP contribution in [0.5, 0.6) is 0 Å². The van der Waals surface area contributed by atoms with E-state index in [0.29, 0.717) is 6.54 Å². The van der Waals surface area contributed by atoms with Crippen molar-refractivity contribution in [2.24, 2.45) is 0 Å². The molecular formula is C22H20FN3OS. The zero-order valence-corrected chi connectivity index (χ0v) is 16.5. The third-order valence-electron chi connectivity index (χ3n) is 4.62. The molecule has 0 radical (unpaired) electrons. The molecule has 4 aromatic rings. The summed E-state index contributed by atoms with van der Waals surface area (Å²) in [4.78, 5) is 0. The van der Waals surface area contributed by atoms with Gasteiger partial charge in [-0.25, -0.2) is 4.39 Å². The van der Waals surface area contributed by atoms with Gasteiger partial charge in [-0.2, -0.15) is 0 Å². The van der Waals surface area contributed by atoms with E-state index in [1.165, 1.54) is 17.7 Å². The Kier molecular flexibility index (Phi) is 5.30. The summed E-state index contributed by atoms with van der Waals surface area (Å²) in [5, 5.41) is 9.83.